The van der Waals surface area contributed by atoms with Gasteiger partial charge in [-0.05, 0) is 71.5 Å². The lowest BCUT2D eigenvalue weighted by molar-refractivity contribution is 1.24. The Hall–Kier alpha value is -2.68. The molecule has 0 spiro atoms. The van der Waals surface area contributed by atoms with Gasteiger partial charge in [-0.15, -0.1) is 0 Å². The molecule has 0 saturated carbocycles. The molecule has 0 aromatic heterocycles. The third kappa shape index (κ3) is 2.79. The molecule has 0 nitrogen and oxygen atoms in total. The molecule has 0 radical (unpaired) electrons. The molecule has 2 aliphatic heterocycles. The zero-order chi connectivity index (χ0) is 20.2. The van der Waals surface area contributed by atoms with Crippen molar-refractivity contribution in [3.63, 3.8) is 0 Å². The summed E-state index contributed by atoms with van der Waals surface area (Å²) in [5.41, 5.74) is 10.7. The molecule has 2 heterocycles. The first-order chi connectivity index (χ1) is 14.7. The minimum atomic E-state index is 1.30. The normalized spacial score (nSPS) is 16.3. The molecule has 0 bridgehead atoms. The fraction of sp³-hybridized carbons (Fsp3) is 0.0714. The average molecular weight is 421 g/mol. The van der Waals surface area contributed by atoms with E-state index in [4.69, 9.17) is 0 Å². The highest BCUT2D eigenvalue weighted by Crippen LogP contribution is 2.54. The molecule has 0 atom stereocenters. The third-order valence-corrected chi connectivity index (χ3v) is 8.12. The fourth-order valence-electron chi connectivity index (χ4n) is 4.45. The lowest BCUT2D eigenvalue weighted by Crippen LogP contribution is -2.07. The maximum Gasteiger partial charge on any atom is 0.0201 e. The molecule has 0 saturated heterocycles. The number of hydrogen-bond acceptors (Lipinski definition) is 2. The Kier molecular flexibility index (Phi) is 4.19. The molecule has 0 fully saturated rings. The maximum atomic E-state index is 2.36. The fourth-order valence-corrected chi connectivity index (χ4v) is 6.59. The van der Waals surface area contributed by atoms with Crippen LogP contribution in [-0.4, -0.2) is 0 Å². The van der Waals surface area contributed by atoms with Crippen LogP contribution in [0.2, 0.25) is 0 Å². The van der Waals surface area contributed by atoms with Crippen molar-refractivity contribution in [1.82, 2.24) is 0 Å². The van der Waals surface area contributed by atoms with Gasteiger partial charge >= 0.3 is 0 Å². The van der Waals surface area contributed by atoms with E-state index < -0.39 is 0 Å². The van der Waals surface area contributed by atoms with Crippen molar-refractivity contribution in [1.29, 1.82) is 0 Å². The Balaban J connectivity index is 1.80. The summed E-state index contributed by atoms with van der Waals surface area (Å²) in [6.45, 7) is 4.38. The molecular weight excluding hydrogens is 400 g/mol. The van der Waals surface area contributed by atoms with Gasteiger partial charge in [0.15, 0.2) is 0 Å². The summed E-state index contributed by atoms with van der Waals surface area (Å²) in [6.07, 6.45) is 0. The standard InChI is InChI=1S/C28H20S2/c1-17-11-13-25-21(15-17)27(19-7-3-5-9-23(19)29-25)28-20-8-4-6-10-24(20)30-26-14-12-18(2)16-22(26)28/h3-16H,1-2H3/b28-27+. The van der Waals surface area contributed by atoms with E-state index in [0.717, 1.165) is 0 Å². The van der Waals surface area contributed by atoms with E-state index in [2.05, 4.69) is 98.8 Å². The van der Waals surface area contributed by atoms with Crippen molar-refractivity contribution >= 4 is 34.7 Å². The SMILES string of the molecule is Cc1ccc2c(c1)/C(=C1\c3ccccc3Sc3ccc(C)cc31)c1ccccc1S2. The van der Waals surface area contributed by atoms with Gasteiger partial charge in [0.1, 0.15) is 0 Å². The molecule has 0 aliphatic carbocycles. The summed E-state index contributed by atoms with van der Waals surface area (Å²) < 4.78 is 0. The highest BCUT2D eigenvalue weighted by atomic mass is 32.2. The second kappa shape index (κ2) is 6.94. The largest absolute Gasteiger partial charge is 0.0888 e. The Bertz CT molecular complexity index is 1260. The van der Waals surface area contributed by atoms with Gasteiger partial charge in [-0.3, -0.25) is 0 Å². The van der Waals surface area contributed by atoms with Crippen molar-refractivity contribution in [3.8, 4) is 0 Å². The lowest BCUT2D eigenvalue weighted by atomic mass is 9.84. The van der Waals surface area contributed by atoms with E-state index in [1.165, 1.54) is 64.1 Å². The molecule has 30 heavy (non-hydrogen) atoms. The van der Waals surface area contributed by atoms with E-state index in [0.29, 0.717) is 0 Å². The van der Waals surface area contributed by atoms with Gasteiger partial charge in [-0.25, -0.2) is 0 Å². The van der Waals surface area contributed by atoms with Crippen molar-refractivity contribution in [2.24, 2.45) is 0 Å². The van der Waals surface area contributed by atoms with Crippen LogP contribution in [-0.2, 0) is 0 Å². The highest BCUT2D eigenvalue weighted by Gasteiger charge is 2.29. The third-order valence-electron chi connectivity index (χ3n) is 5.81. The van der Waals surface area contributed by atoms with Gasteiger partial charge in [-0.1, -0.05) is 95.3 Å². The monoisotopic (exact) mass is 420 g/mol. The van der Waals surface area contributed by atoms with Crippen LogP contribution in [0.3, 0.4) is 0 Å². The van der Waals surface area contributed by atoms with Crippen molar-refractivity contribution in [3.05, 3.63) is 118 Å². The van der Waals surface area contributed by atoms with E-state index in [1.54, 1.807) is 0 Å². The van der Waals surface area contributed by atoms with E-state index in [-0.39, 0.29) is 0 Å². The van der Waals surface area contributed by atoms with Crippen LogP contribution in [0, 0.1) is 13.8 Å². The Morgan fingerprint density at radius 3 is 1.30 bits per heavy atom. The van der Waals surface area contributed by atoms with Crippen molar-refractivity contribution in [2.75, 3.05) is 0 Å². The smallest absolute Gasteiger partial charge is 0.0201 e. The molecule has 0 N–H and O–H groups in total. The highest BCUT2D eigenvalue weighted by molar-refractivity contribution is 8.00. The van der Waals surface area contributed by atoms with Crippen LogP contribution < -0.4 is 0 Å². The average Bonchev–Trinajstić information content (AvgIpc) is 2.76. The number of hydrogen-bond donors (Lipinski definition) is 0. The molecule has 144 valence electrons. The Labute approximate surface area is 186 Å². The van der Waals surface area contributed by atoms with Gasteiger partial charge in [0.05, 0.1) is 0 Å². The summed E-state index contributed by atoms with van der Waals surface area (Å²) in [7, 11) is 0. The molecule has 0 unspecified atom stereocenters. The Morgan fingerprint density at radius 2 is 0.833 bits per heavy atom. The van der Waals surface area contributed by atoms with Gasteiger partial charge in [0.2, 0.25) is 0 Å². The number of aryl methyl sites for hydroxylation is 2. The second-order valence-electron chi connectivity index (χ2n) is 7.95. The first-order valence-corrected chi connectivity index (χ1v) is 11.8. The molecule has 2 aliphatic rings. The van der Waals surface area contributed by atoms with Gasteiger partial charge in [-0.2, -0.15) is 0 Å². The number of fused-ring (bicyclic) bond motifs is 4. The van der Waals surface area contributed by atoms with Gasteiger partial charge < -0.3 is 0 Å². The lowest BCUT2D eigenvalue weighted by Gasteiger charge is -2.30. The summed E-state index contributed by atoms with van der Waals surface area (Å²) in [5.74, 6) is 0. The second-order valence-corrected chi connectivity index (χ2v) is 10.1. The van der Waals surface area contributed by atoms with Crippen molar-refractivity contribution in [2.45, 2.75) is 33.4 Å². The van der Waals surface area contributed by atoms with E-state index >= 15 is 0 Å². The zero-order valence-corrected chi connectivity index (χ0v) is 18.5. The number of rotatable bonds is 0. The van der Waals surface area contributed by atoms with Gasteiger partial charge in [0.25, 0.3) is 0 Å². The summed E-state index contributed by atoms with van der Waals surface area (Å²) in [4.78, 5) is 5.35. The minimum absolute atomic E-state index is 1.30. The van der Waals surface area contributed by atoms with Crippen LogP contribution in [0.25, 0.3) is 11.1 Å². The van der Waals surface area contributed by atoms with Crippen LogP contribution in [0.4, 0.5) is 0 Å². The summed E-state index contributed by atoms with van der Waals surface area (Å²) in [5, 5.41) is 0. The first-order valence-electron chi connectivity index (χ1n) is 10.2. The molecular formula is C28H20S2. The van der Waals surface area contributed by atoms with Crippen LogP contribution in [0.1, 0.15) is 33.4 Å². The molecule has 0 amide bonds. The van der Waals surface area contributed by atoms with Crippen LogP contribution in [0.15, 0.2) is 105 Å². The van der Waals surface area contributed by atoms with Gasteiger partial charge in [0, 0.05) is 19.6 Å². The van der Waals surface area contributed by atoms with E-state index in [1.807, 2.05) is 23.5 Å². The summed E-state index contributed by atoms with van der Waals surface area (Å²) >= 11 is 3.77. The van der Waals surface area contributed by atoms with E-state index in [9.17, 15) is 0 Å². The molecule has 4 aromatic rings. The molecule has 2 heteroatoms. The summed E-state index contributed by atoms with van der Waals surface area (Å²) in [6, 6.07) is 31.5. The Morgan fingerprint density at radius 1 is 0.433 bits per heavy atom. The maximum absolute atomic E-state index is 2.36. The minimum Gasteiger partial charge on any atom is -0.0888 e. The van der Waals surface area contributed by atoms with Crippen LogP contribution in [0.5, 0.6) is 0 Å². The topological polar surface area (TPSA) is 0 Å². The predicted octanol–water partition coefficient (Wildman–Crippen LogP) is 8.24. The zero-order valence-electron chi connectivity index (χ0n) is 16.9. The molecule has 4 aromatic carbocycles. The quantitative estimate of drug-likeness (QED) is 0.243. The van der Waals surface area contributed by atoms with Crippen LogP contribution >= 0.6 is 23.5 Å². The predicted molar refractivity (Wildman–Crippen MR) is 129 cm³/mol. The van der Waals surface area contributed by atoms with Crippen molar-refractivity contribution < 1.29 is 0 Å². The number of benzene rings is 4. The first kappa shape index (κ1) is 18.1. The molecule has 6 rings (SSSR count).